The van der Waals surface area contributed by atoms with Crippen LogP contribution in [0.5, 0.6) is 0 Å². The van der Waals surface area contributed by atoms with Gasteiger partial charge >= 0.3 is 0 Å². The Morgan fingerprint density at radius 2 is 1.91 bits per heavy atom. The van der Waals surface area contributed by atoms with Gasteiger partial charge in [-0.1, -0.05) is 0 Å². The molecule has 1 aromatic heterocycles. The molecule has 1 heterocycles. The number of pyridine rings is 1. The molecule has 0 saturated heterocycles. The van der Waals surface area contributed by atoms with Crippen molar-refractivity contribution in [2.45, 2.75) is 0 Å². The first kappa shape index (κ1) is 13.7. The summed E-state index contributed by atoms with van der Waals surface area (Å²) in [6, 6.07) is 1.88. The van der Waals surface area contributed by atoms with Gasteiger partial charge in [-0.05, 0) is 37.9 Å². The molecular weight excluding hydrogens is 299 g/mol. The molecule has 11 heavy (non-hydrogen) atoms. The van der Waals surface area contributed by atoms with Crippen LogP contribution >= 0.6 is 31.9 Å². The van der Waals surface area contributed by atoms with Gasteiger partial charge in [-0.2, -0.15) is 0 Å². The van der Waals surface area contributed by atoms with Crippen LogP contribution in [0.2, 0.25) is 0 Å². The Kier molecular flexibility index (Phi) is 7.20. The van der Waals surface area contributed by atoms with Crippen molar-refractivity contribution in [3.8, 4) is 0 Å². The van der Waals surface area contributed by atoms with Crippen LogP contribution in [0, 0.1) is 0 Å². The predicted octanol–water partition coefficient (Wildman–Crippen LogP) is -2.21. The molecule has 0 fully saturated rings. The molecule has 1 rings (SSSR count). The minimum absolute atomic E-state index is 0. The standard InChI is InChI=1S/C5H4Br2N2.ClH.H2O/c6-3-1-4(7)5(8)9-2-3;;/h1-2H,(H2,8,9);1H;1H2. The van der Waals surface area contributed by atoms with Crippen LogP contribution in [-0.2, 0) is 0 Å². The van der Waals surface area contributed by atoms with E-state index >= 15 is 0 Å². The van der Waals surface area contributed by atoms with Gasteiger partial charge in [-0.15, -0.1) is 0 Å². The molecule has 0 radical (unpaired) electrons. The lowest BCUT2D eigenvalue weighted by Crippen LogP contribution is -3.00. The second kappa shape index (κ2) is 5.77. The third-order valence-electron chi connectivity index (χ3n) is 0.887. The average Bonchev–Trinajstić information content (AvgIpc) is 1.80. The highest BCUT2D eigenvalue weighted by Crippen LogP contribution is 2.17. The number of aromatic nitrogens is 1. The summed E-state index contributed by atoms with van der Waals surface area (Å²) in [5.41, 5.74) is 5.47. The lowest BCUT2D eigenvalue weighted by atomic mass is 10.5. The highest BCUT2D eigenvalue weighted by molar-refractivity contribution is 9.11. The van der Waals surface area contributed by atoms with Gasteiger partial charge in [0.15, 0.2) is 0 Å². The topological polar surface area (TPSA) is 71.7 Å². The maximum atomic E-state index is 5.47. The van der Waals surface area contributed by atoms with Crippen molar-refractivity contribution in [1.82, 2.24) is 0 Å². The summed E-state index contributed by atoms with van der Waals surface area (Å²) in [5, 5.41) is 0. The third-order valence-corrected chi connectivity index (χ3v) is 2.00. The number of nitrogens with one attached hydrogen (secondary N) is 1. The molecule has 0 bridgehead atoms. The zero-order valence-corrected chi connectivity index (χ0v) is 9.29. The Hall–Kier alpha value is 0.160. The lowest BCUT2D eigenvalue weighted by molar-refractivity contribution is -0.361. The third kappa shape index (κ3) is 3.91. The highest BCUT2D eigenvalue weighted by Gasteiger charge is 2.00. The number of anilines is 1. The molecule has 0 atom stereocenters. The summed E-state index contributed by atoms with van der Waals surface area (Å²) < 4.78 is 1.85. The van der Waals surface area contributed by atoms with Crippen LogP contribution in [0.25, 0.3) is 0 Å². The number of nitrogen functional groups attached to an aromatic ring is 1. The van der Waals surface area contributed by atoms with E-state index in [4.69, 9.17) is 5.73 Å². The van der Waals surface area contributed by atoms with Crippen molar-refractivity contribution in [2.24, 2.45) is 0 Å². The van der Waals surface area contributed by atoms with Crippen LogP contribution in [0.1, 0.15) is 0 Å². The van der Waals surface area contributed by atoms with Crippen molar-refractivity contribution in [3.05, 3.63) is 21.2 Å². The van der Waals surface area contributed by atoms with E-state index in [0.717, 1.165) is 8.95 Å². The number of rotatable bonds is 0. The predicted molar refractivity (Wildman–Crippen MR) is 46.4 cm³/mol. The Morgan fingerprint density at radius 1 is 1.36 bits per heavy atom. The van der Waals surface area contributed by atoms with Gasteiger partial charge in [-0.3, -0.25) is 5.73 Å². The second-order valence-electron chi connectivity index (χ2n) is 1.58. The van der Waals surface area contributed by atoms with E-state index in [9.17, 15) is 0 Å². The van der Waals surface area contributed by atoms with Crippen molar-refractivity contribution in [1.29, 1.82) is 0 Å². The molecule has 6 heteroatoms. The van der Waals surface area contributed by atoms with Gasteiger partial charge in [-0.25, -0.2) is 4.98 Å². The number of hydrogen-bond acceptors (Lipinski definition) is 1. The molecule has 3 nitrogen and oxygen atoms in total. The Bertz CT molecular complexity index is 234. The quantitative estimate of drug-likeness (QED) is 0.580. The zero-order valence-electron chi connectivity index (χ0n) is 5.37. The van der Waals surface area contributed by atoms with Crippen LogP contribution in [0.4, 0.5) is 5.82 Å². The fourth-order valence-corrected chi connectivity index (χ4v) is 1.47. The van der Waals surface area contributed by atoms with E-state index in [1.165, 1.54) is 0 Å². The van der Waals surface area contributed by atoms with Crippen LogP contribution in [0.15, 0.2) is 21.2 Å². The first-order valence-electron chi connectivity index (χ1n) is 2.32. The Labute approximate surface area is 87.4 Å². The second-order valence-corrected chi connectivity index (χ2v) is 3.35. The van der Waals surface area contributed by atoms with Gasteiger partial charge in [0.05, 0.1) is 4.47 Å². The summed E-state index contributed by atoms with van der Waals surface area (Å²) in [5.74, 6) is 0.637. The van der Waals surface area contributed by atoms with E-state index in [0.29, 0.717) is 5.82 Å². The van der Waals surface area contributed by atoms with E-state index in [1.54, 1.807) is 6.20 Å². The molecule has 0 aliphatic heterocycles. The molecule has 0 unspecified atom stereocenters. The molecule has 0 aliphatic rings. The monoisotopic (exact) mass is 304 g/mol. The fourth-order valence-electron chi connectivity index (χ4n) is 0.456. The number of hydrogen-bond donors (Lipinski definition) is 1. The lowest BCUT2D eigenvalue weighted by Gasteiger charge is -1.89. The molecule has 1 aromatic rings. The highest BCUT2D eigenvalue weighted by atomic mass is 79.9. The van der Waals surface area contributed by atoms with Gasteiger partial charge < -0.3 is 17.9 Å². The number of nitrogens with two attached hydrogens (primary N) is 1. The maximum Gasteiger partial charge on any atom is 0.284 e. The minimum Gasteiger partial charge on any atom is -1.00 e. The van der Waals surface area contributed by atoms with E-state index in [2.05, 4.69) is 36.8 Å². The Morgan fingerprint density at radius 3 is 2.27 bits per heavy atom. The summed E-state index contributed by atoms with van der Waals surface area (Å²) in [7, 11) is 0. The molecule has 64 valence electrons. The van der Waals surface area contributed by atoms with Crippen molar-refractivity contribution in [2.75, 3.05) is 5.73 Å². The van der Waals surface area contributed by atoms with Crippen LogP contribution in [0.3, 0.4) is 0 Å². The van der Waals surface area contributed by atoms with Crippen LogP contribution < -0.4 is 23.1 Å². The first-order valence-corrected chi connectivity index (χ1v) is 3.91. The van der Waals surface area contributed by atoms with Crippen molar-refractivity contribution < 1.29 is 22.9 Å². The zero-order chi connectivity index (χ0) is 6.85. The number of halogens is 3. The molecule has 5 N–H and O–H groups in total. The Balaban J connectivity index is 0. The van der Waals surface area contributed by atoms with Gasteiger partial charge in [0.1, 0.15) is 10.7 Å². The number of H-pyrrole nitrogens is 1. The van der Waals surface area contributed by atoms with Gasteiger partial charge in [0.25, 0.3) is 5.82 Å². The molecule has 0 amide bonds. The summed E-state index contributed by atoms with van der Waals surface area (Å²) in [6.07, 6.45) is 1.78. The largest absolute Gasteiger partial charge is 1.00 e. The molecular formula is C5H7Br2ClN2O. The SMILES string of the molecule is Nc1[nH+]cc(Br)cc1Br.O.[Cl-]. The normalized spacial score (nSPS) is 7.82. The minimum atomic E-state index is 0. The fraction of sp³-hybridized carbons (Fsp3) is 0. The first-order chi connectivity index (χ1) is 4.20. The van der Waals surface area contributed by atoms with Gasteiger partial charge in [0, 0.05) is 0 Å². The maximum absolute atomic E-state index is 5.47. The van der Waals surface area contributed by atoms with E-state index < -0.39 is 0 Å². The summed E-state index contributed by atoms with van der Waals surface area (Å²) >= 11 is 6.54. The van der Waals surface area contributed by atoms with E-state index in [-0.39, 0.29) is 17.9 Å². The molecule has 0 saturated carbocycles. The van der Waals surface area contributed by atoms with Gasteiger partial charge in [0.2, 0.25) is 0 Å². The molecule has 0 aliphatic carbocycles. The average molecular weight is 306 g/mol. The van der Waals surface area contributed by atoms with Crippen molar-refractivity contribution in [3.63, 3.8) is 0 Å². The smallest absolute Gasteiger partial charge is 0.284 e. The molecule has 0 aromatic carbocycles. The number of aromatic amines is 1. The van der Waals surface area contributed by atoms with E-state index in [1.807, 2.05) is 6.07 Å². The van der Waals surface area contributed by atoms with Crippen LogP contribution in [-0.4, -0.2) is 5.48 Å². The van der Waals surface area contributed by atoms with Crippen molar-refractivity contribution >= 4 is 37.7 Å². The molecule has 0 spiro atoms. The summed E-state index contributed by atoms with van der Waals surface area (Å²) in [4.78, 5) is 2.85. The summed E-state index contributed by atoms with van der Waals surface area (Å²) in [6.45, 7) is 0.